The molecule has 2 N–H and O–H groups in total. The van der Waals surface area contributed by atoms with Crippen molar-refractivity contribution in [1.29, 1.82) is 0 Å². The molecule has 0 aliphatic rings. The summed E-state index contributed by atoms with van der Waals surface area (Å²) in [5, 5.41) is 13.1. The number of aliphatic hydroxyl groups excluding tert-OH is 1. The Bertz CT molecular complexity index is 542. The lowest BCUT2D eigenvalue weighted by molar-refractivity contribution is 0.234. The molecule has 0 heterocycles. The molecule has 3 heteroatoms. The molecule has 2 rings (SSSR count). The van der Waals surface area contributed by atoms with Gasteiger partial charge in [0.15, 0.2) is 0 Å². The third-order valence-electron chi connectivity index (χ3n) is 3.59. The highest BCUT2D eigenvalue weighted by atomic mass is 16.5. The van der Waals surface area contributed by atoms with E-state index in [1.807, 2.05) is 48.5 Å². The minimum absolute atomic E-state index is 0.0455. The molecular formula is C18H23NO2. The summed E-state index contributed by atoms with van der Waals surface area (Å²) in [4.78, 5) is 0. The third-order valence-corrected chi connectivity index (χ3v) is 3.59. The van der Waals surface area contributed by atoms with Crippen molar-refractivity contribution in [2.45, 2.75) is 25.4 Å². The van der Waals surface area contributed by atoms with Gasteiger partial charge in [-0.1, -0.05) is 48.5 Å². The highest BCUT2D eigenvalue weighted by molar-refractivity contribution is 5.33. The Balaban J connectivity index is 2.01. The van der Waals surface area contributed by atoms with Gasteiger partial charge in [0.1, 0.15) is 5.75 Å². The molecule has 0 fully saturated rings. The van der Waals surface area contributed by atoms with Crippen LogP contribution >= 0.6 is 0 Å². The van der Waals surface area contributed by atoms with E-state index in [0.717, 1.165) is 17.7 Å². The van der Waals surface area contributed by atoms with Gasteiger partial charge in [-0.05, 0) is 30.5 Å². The average molecular weight is 285 g/mol. The topological polar surface area (TPSA) is 41.5 Å². The fourth-order valence-corrected chi connectivity index (χ4v) is 2.54. The maximum Gasteiger partial charge on any atom is 0.122 e. The van der Waals surface area contributed by atoms with Crippen LogP contribution in [0.3, 0.4) is 0 Å². The fourth-order valence-electron chi connectivity index (χ4n) is 2.54. The molecule has 2 aromatic carbocycles. The zero-order chi connectivity index (χ0) is 15.1. The van der Waals surface area contributed by atoms with Crippen molar-refractivity contribution in [3.8, 4) is 5.75 Å². The van der Waals surface area contributed by atoms with Crippen LogP contribution in [0.2, 0.25) is 0 Å². The largest absolute Gasteiger partial charge is 0.496 e. The van der Waals surface area contributed by atoms with Crippen LogP contribution in [0.4, 0.5) is 0 Å². The van der Waals surface area contributed by atoms with Crippen LogP contribution in [0.15, 0.2) is 54.6 Å². The SMILES string of the molecule is COc1ccccc1CC(C)N[C@H](CO)c1ccccc1. The van der Waals surface area contributed by atoms with E-state index >= 15 is 0 Å². The van der Waals surface area contributed by atoms with E-state index in [4.69, 9.17) is 4.74 Å². The normalized spacial score (nSPS) is 13.7. The number of hydrogen-bond donors (Lipinski definition) is 2. The number of rotatable bonds is 7. The van der Waals surface area contributed by atoms with Gasteiger partial charge in [0, 0.05) is 6.04 Å². The van der Waals surface area contributed by atoms with Gasteiger partial charge in [-0.3, -0.25) is 0 Å². The monoisotopic (exact) mass is 285 g/mol. The Kier molecular flexibility index (Phi) is 5.78. The summed E-state index contributed by atoms with van der Waals surface area (Å²) in [6, 6.07) is 18.3. The van der Waals surface area contributed by atoms with Gasteiger partial charge < -0.3 is 15.2 Å². The minimum atomic E-state index is -0.0455. The molecule has 0 aliphatic heterocycles. The zero-order valence-corrected chi connectivity index (χ0v) is 12.6. The van der Waals surface area contributed by atoms with E-state index < -0.39 is 0 Å². The van der Waals surface area contributed by atoms with Crippen LogP contribution in [-0.4, -0.2) is 24.9 Å². The molecule has 0 saturated heterocycles. The quantitative estimate of drug-likeness (QED) is 0.822. The van der Waals surface area contributed by atoms with E-state index in [1.165, 1.54) is 5.56 Å². The van der Waals surface area contributed by atoms with Crippen molar-refractivity contribution in [2.24, 2.45) is 0 Å². The molecule has 3 nitrogen and oxygen atoms in total. The second kappa shape index (κ2) is 7.81. The molecule has 0 aliphatic carbocycles. The second-order valence-corrected chi connectivity index (χ2v) is 5.23. The van der Waals surface area contributed by atoms with Crippen molar-refractivity contribution in [3.05, 3.63) is 65.7 Å². The van der Waals surface area contributed by atoms with Crippen molar-refractivity contribution < 1.29 is 9.84 Å². The molecule has 0 amide bonds. The Labute approximate surface area is 126 Å². The van der Waals surface area contributed by atoms with Gasteiger partial charge in [0.2, 0.25) is 0 Å². The first-order chi connectivity index (χ1) is 10.2. The molecule has 112 valence electrons. The maximum atomic E-state index is 9.61. The number of para-hydroxylation sites is 1. The number of aliphatic hydroxyl groups is 1. The van der Waals surface area contributed by atoms with Crippen molar-refractivity contribution in [2.75, 3.05) is 13.7 Å². The van der Waals surface area contributed by atoms with Crippen LogP contribution in [0.1, 0.15) is 24.1 Å². The maximum absolute atomic E-state index is 9.61. The van der Waals surface area contributed by atoms with Gasteiger partial charge in [0.25, 0.3) is 0 Å². The van der Waals surface area contributed by atoms with Gasteiger partial charge >= 0.3 is 0 Å². The Morgan fingerprint density at radius 2 is 1.71 bits per heavy atom. The lowest BCUT2D eigenvalue weighted by Gasteiger charge is -2.23. The van der Waals surface area contributed by atoms with E-state index in [-0.39, 0.29) is 18.7 Å². The number of nitrogens with one attached hydrogen (secondary N) is 1. The first-order valence-electron chi connectivity index (χ1n) is 7.28. The van der Waals surface area contributed by atoms with Crippen LogP contribution in [0.25, 0.3) is 0 Å². The van der Waals surface area contributed by atoms with Crippen LogP contribution in [0, 0.1) is 0 Å². The molecule has 21 heavy (non-hydrogen) atoms. The smallest absolute Gasteiger partial charge is 0.122 e. The lowest BCUT2D eigenvalue weighted by Crippen LogP contribution is -2.34. The standard InChI is InChI=1S/C18H23NO2/c1-14(12-16-10-6-7-11-18(16)21-2)19-17(13-20)15-8-4-3-5-9-15/h3-11,14,17,19-20H,12-13H2,1-2H3/t14?,17-/m1/s1. The second-order valence-electron chi connectivity index (χ2n) is 5.23. The summed E-state index contributed by atoms with van der Waals surface area (Å²) in [6.45, 7) is 2.21. The summed E-state index contributed by atoms with van der Waals surface area (Å²) in [5.41, 5.74) is 2.27. The van der Waals surface area contributed by atoms with E-state index in [1.54, 1.807) is 7.11 Å². The molecule has 0 bridgehead atoms. The molecule has 2 atom stereocenters. The van der Waals surface area contributed by atoms with Crippen molar-refractivity contribution in [1.82, 2.24) is 5.32 Å². The Morgan fingerprint density at radius 3 is 2.38 bits per heavy atom. The minimum Gasteiger partial charge on any atom is -0.496 e. The van der Waals surface area contributed by atoms with Gasteiger partial charge in [-0.2, -0.15) is 0 Å². The third kappa shape index (κ3) is 4.31. The van der Waals surface area contributed by atoms with E-state index in [0.29, 0.717) is 0 Å². The van der Waals surface area contributed by atoms with E-state index in [2.05, 4.69) is 18.3 Å². The van der Waals surface area contributed by atoms with Gasteiger partial charge in [0.05, 0.1) is 19.8 Å². The van der Waals surface area contributed by atoms with Gasteiger partial charge in [-0.25, -0.2) is 0 Å². The first-order valence-corrected chi connectivity index (χ1v) is 7.28. The van der Waals surface area contributed by atoms with E-state index in [9.17, 15) is 5.11 Å². The van der Waals surface area contributed by atoms with Gasteiger partial charge in [-0.15, -0.1) is 0 Å². The molecule has 1 unspecified atom stereocenters. The molecule has 0 spiro atoms. The Morgan fingerprint density at radius 1 is 1.05 bits per heavy atom. The number of methoxy groups -OCH3 is 1. The molecular weight excluding hydrogens is 262 g/mol. The summed E-state index contributed by atoms with van der Waals surface area (Å²) in [7, 11) is 1.69. The summed E-state index contributed by atoms with van der Waals surface area (Å²) < 4.78 is 5.38. The number of benzene rings is 2. The highest BCUT2D eigenvalue weighted by Gasteiger charge is 2.14. The predicted octanol–water partition coefficient (Wildman–Crippen LogP) is 2.95. The summed E-state index contributed by atoms with van der Waals surface area (Å²) in [6.07, 6.45) is 0.855. The van der Waals surface area contributed by atoms with Crippen molar-refractivity contribution in [3.63, 3.8) is 0 Å². The predicted molar refractivity (Wildman–Crippen MR) is 85.6 cm³/mol. The molecule has 2 aromatic rings. The summed E-state index contributed by atoms with van der Waals surface area (Å²) >= 11 is 0. The highest BCUT2D eigenvalue weighted by Crippen LogP contribution is 2.20. The fraction of sp³-hybridized carbons (Fsp3) is 0.333. The van der Waals surface area contributed by atoms with Crippen LogP contribution in [0.5, 0.6) is 5.75 Å². The number of hydrogen-bond acceptors (Lipinski definition) is 3. The van der Waals surface area contributed by atoms with Crippen LogP contribution in [-0.2, 0) is 6.42 Å². The molecule has 0 radical (unpaired) electrons. The first kappa shape index (κ1) is 15.5. The molecule has 0 saturated carbocycles. The lowest BCUT2D eigenvalue weighted by atomic mass is 10.0. The average Bonchev–Trinajstić information content (AvgIpc) is 2.54. The Hall–Kier alpha value is -1.84. The molecule has 0 aromatic heterocycles. The number of ether oxygens (including phenoxy) is 1. The van der Waals surface area contributed by atoms with Crippen molar-refractivity contribution >= 4 is 0 Å². The van der Waals surface area contributed by atoms with Crippen LogP contribution < -0.4 is 10.1 Å². The zero-order valence-electron chi connectivity index (χ0n) is 12.6. The summed E-state index contributed by atoms with van der Waals surface area (Å²) in [5.74, 6) is 0.909.